The molecule has 1 aliphatic heterocycles. The van der Waals surface area contributed by atoms with Crippen LogP contribution in [0, 0.1) is 5.82 Å². The predicted octanol–water partition coefficient (Wildman–Crippen LogP) is 3.29. The number of hydrogen-bond donors (Lipinski definition) is 3. The first-order valence-corrected chi connectivity index (χ1v) is 11.5. The second-order valence-corrected chi connectivity index (χ2v) is 9.94. The predicted molar refractivity (Wildman–Crippen MR) is 121 cm³/mol. The summed E-state index contributed by atoms with van der Waals surface area (Å²) in [5.41, 5.74) is -0.300. The van der Waals surface area contributed by atoms with Crippen molar-refractivity contribution in [2.75, 3.05) is 25.5 Å². The molecule has 1 saturated heterocycles. The number of alkyl carbamates (subject to hydrolysis) is 1. The van der Waals surface area contributed by atoms with Crippen LogP contribution in [0.1, 0.15) is 69.7 Å². The molecule has 9 heteroatoms. The Kier molecular flexibility index (Phi) is 7.92. The second-order valence-electron chi connectivity index (χ2n) is 9.94. The maximum Gasteiger partial charge on any atom is 0.407 e. The van der Waals surface area contributed by atoms with Gasteiger partial charge in [0.15, 0.2) is 0 Å². The van der Waals surface area contributed by atoms with Gasteiger partial charge >= 0.3 is 6.09 Å². The number of ether oxygens (including phenoxy) is 1. The molecule has 2 fully saturated rings. The van der Waals surface area contributed by atoms with Crippen molar-refractivity contribution in [3.63, 3.8) is 0 Å². The molecule has 1 aromatic heterocycles. The van der Waals surface area contributed by atoms with E-state index in [1.54, 1.807) is 0 Å². The van der Waals surface area contributed by atoms with Gasteiger partial charge in [-0.3, -0.25) is 4.79 Å². The number of anilines is 1. The van der Waals surface area contributed by atoms with Crippen LogP contribution in [0.2, 0.25) is 0 Å². The molecule has 2 heterocycles. The molecule has 0 aromatic carbocycles. The van der Waals surface area contributed by atoms with Crippen molar-refractivity contribution in [1.29, 1.82) is 0 Å². The third-order valence-corrected chi connectivity index (χ3v) is 5.94. The van der Waals surface area contributed by atoms with Gasteiger partial charge in [0.2, 0.25) is 0 Å². The number of hydrogen-bond acceptors (Lipinski definition) is 6. The molecule has 2 aliphatic rings. The van der Waals surface area contributed by atoms with E-state index in [-0.39, 0.29) is 29.6 Å². The number of halogens is 1. The minimum absolute atomic E-state index is 0.0236. The van der Waals surface area contributed by atoms with Gasteiger partial charge in [-0.25, -0.2) is 14.2 Å². The lowest BCUT2D eigenvalue weighted by molar-refractivity contribution is 0.0488. The zero-order chi connectivity index (χ0) is 23.3. The van der Waals surface area contributed by atoms with Gasteiger partial charge < -0.3 is 25.6 Å². The molecule has 8 nitrogen and oxygen atoms in total. The lowest BCUT2D eigenvalue weighted by Gasteiger charge is -2.31. The summed E-state index contributed by atoms with van der Waals surface area (Å²) >= 11 is 0. The summed E-state index contributed by atoms with van der Waals surface area (Å²) in [5.74, 6) is -0.427. The fourth-order valence-electron chi connectivity index (χ4n) is 4.19. The number of carbonyl (C=O) groups is 2. The summed E-state index contributed by atoms with van der Waals surface area (Å²) in [6.45, 7) is 7.43. The third kappa shape index (κ3) is 7.32. The Morgan fingerprint density at radius 3 is 2.22 bits per heavy atom. The number of nitrogens with one attached hydrogen (secondary N) is 3. The molecule has 2 amide bonds. The highest BCUT2D eigenvalue weighted by Crippen LogP contribution is 2.22. The Morgan fingerprint density at radius 2 is 1.62 bits per heavy atom. The molecule has 3 N–H and O–H groups in total. The van der Waals surface area contributed by atoms with Crippen LogP contribution in [0.15, 0.2) is 12.3 Å². The monoisotopic (exact) mass is 449 g/mol. The summed E-state index contributed by atoms with van der Waals surface area (Å²) < 4.78 is 19.2. The van der Waals surface area contributed by atoms with Crippen LogP contribution in [-0.4, -0.2) is 65.7 Å². The Bertz CT molecular complexity index is 797. The summed E-state index contributed by atoms with van der Waals surface area (Å²) in [6.07, 6.45) is 5.57. The Balaban J connectivity index is 1.53. The number of nitrogens with zero attached hydrogens (tertiary/aromatic N) is 2. The second kappa shape index (κ2) is 10.5. The van der Waals surface area contributed by atoms with E-state index in [1.807, 2.05) is 20.8 Å². The van der Waals surface area contributed by atoms with Crippen LogP contribution in [0.25, 0.3) is 0 Å². The Morgan fingerprint density at radius 1 is 1.03 bits per heavy atom. The largest absolute Gasteiger partial charge is 0.444 e. The normalized spacial score (nSPS) is 22.8. The Hall–Kier alpha value is -2.42. The number of rotatable bonds is 5. The van der Waals surface area contributed by atoms with E-state index in [0.717, 1.165) is 57.8 Å². The first-order chi connectivity index (χ1) is 15.1. The summed E-state index contributed by atoms with van der Waals surface area (Å²) in [7, 11) is 2.09. The van der Waals surface area contributed by atoms with Crippen molar-refractivity contribution in [1.82, 2.24) is 20.5 Å². The first kappa shape index (κ1) is 24.2. The average molecular weight is 450 g/mol. The number of aromatic nitrogens is 1. The molecule has 1 aromatic rings. The van der Waals surface area contributed by atoms with Gasteiger partial charge in [0, 0.05) is 18.1 Å². The molecule has 0 atom stereocenters. The summed E-state index contributed by atoms with van der Waals surface area (Å²) in [4.78, 5) is 31.3. The van der Waals surface area contributed by atoms with Gasteiger partial charge in [0.05, 0.1) is 11.8 Å². The highest BCUT2D eigenvalue weighted by Gasteiger charge is 2.27. The van der Waals surface area contributed by atoms with E-state index in [9.17, 15) is 14.0 Å². The number of amides is 2. The topological polar surface area (TPSA) is 95.6 Å². The van der Waals surface area contributed by atoms with Crippen molar-refractivity contribution in [2.24, 2.45) is 0 Å². The average Bonchev–Trinajstić information content (AvgIpc) is 2.71. The quantitative estimate of drug-likeness (QED) is 0.639. The van der Waals surface area contributed by atoms with Gasteiger partial charge in [-0.1, -0.05) is 0 Å². The fourth-order valence-corrected chi connectivity index (χ4v) is 4.19. The molecular weight excluding hydrogens is 413 g/mol. The molecule has 32 heavy (non-hydrogen) atoms. The molecule has 0 bridgehead atoms. The van der Waals surface area contributed by atoms with Crippen molar-refractivity contribution >= 4 is 17.8 Å². The van der Waals surface area contributed by atoms with E-state index in [2.05, 4.69) is 32.9 Å². The Labute approximate surface area is 189 Å². The molecule has 178 valence electrons. The maximum absolute atomic E-state index is 13.9. The van der Waals surface area contributed by atoms with E-state index in [4.69, 9.17) is 4.74 Å². The molecule has 1 aliphatic carbocycles. The lowest BCUT2D eigenvalue weighted by Crippen LogP contribution is -2.45. The van der Waals surface area contributed by atoms with E-state index in [0.29, 0.717) is 5.82 Å². The van der Waals surface area contributed by atoms with Crippen LogP contribution >= 0.6 is 0 Å². The van der Waals surface area contributed by atoms with Crippen LogP contribution in [-0.2, 0) is 4.74 Å². The van der Waals surface area contributed by atoms with Crippen LogP contribution in [0.4, 0.5) is 15.0 Å². The minimum atomic E-state index is -0.534. The van der Waals surface area contributed by atoms with Crippen molar-refractivity contribution in [3.05, 3.63) is 23.6 Å². The van der Waals surface area contributed by atoms with Crippen LogP contribution in [0.3, 0.4) is 0 Å². The molecule has 1 saturated carbocycles. The first-order valence-electron chi connectivity index (χ1n) is 11.5. The number of likely N-dealkylation sites (tertiary alicyclic amines) is 1. The van der Waals surface area contributed by atoms with Gasteiger partial charge in [-0.05, 0) is 85.5 Å². The highest BCUT2D eigenvalue weighted by molar-refractivity contribution is 5.99. The van der Waals surface area contributed by atoms with Gasteiger partial charge in [-0.2, -0.15) is 0 Å². The van der Waals surface area contributed by atoms with Crippen molar-refractivity contribution in [3.8, 4) is 0 Å². The molecule has 0 spiro atoms. The number of carbonyl (C=O) groups excluding carboxylic acids is 2. The highest BCUT2D eigenvalue weighted by atomic mass is 19.1. The zero-order valence-electron chi connectivity index (χ0n) is 19.5. The maximum atomic E-state index is 13.9. The minimum Gasteiger partial charge on any atom is -0.444 e. The third-order valence-electron chi connectivity index (χ3n) is 5.94. The summed E-state index contributed by atoms with van der Waals surface area (Å²) in [6, 6.07) is 1.45. The van der Waals surface area contributed by atoms with Crippen LogP contribution in [0.5, 0.6) is 0 Å². The molecule has 0 radical (unpaired) electrons. The van der Waals surface area contributed by atoms with Crippen molar-refractivity contribution in [2.45, 2.75) is 83.0 Å². The number of piperidine rings is 1. The lowest BCUT2D eigenvalue weighted by atomic mass is 9.91. The SMILES string of the molecule is CN1CCC(Nc2ncc(F)cc2C(=O)N[C@H]2CC[C@@H](NC(=O)OC(C)(C)C)CC2)CC1. The van der Waals surface area contributed by atoms with E-state index in [1.165, 1.54) is 6.07 Å². The van der Waals surface area contributed by atoms with Gasteiger partial charge in [0.25, 0.3) is 5.91 Å². The molecule has 3 rings (SSSR count). The smallest absolute Gasteiger partial charge is 0.407 e. The van der Waals surface area contributed by atoms with E-state index < -0.39 is 17.5 Å². The van der Waals surface area contributed by atoms with Gasteiger partial charge in [0.1, 0.15) is 17.2 Å². The van der Waals surface area contributed by atoms with Crippen LogP contribution < -0.4 is 16.0 Å². The van der Waals surface area contributed by atoms with Crippen molar-refractivity contribution < 1.29 is 18.7 Å². The number of pyridine rings is 1. The fraction of sp³-hybridized carbons (Fsp3) is 0.696. The molecular formula is C23H36FN5O3. The molecule has 0 unspecified atom stereocenters. The zero-order valence-corrected chi connectivity index (χ0v) is 19.5. The summed E-state index contributed by atoms with van der Waals surface area (Å²) in [5, 5.41) is 9.26. The van der Waals surface area contributed by atoms with Gasteiger partial charge in [-0.15, -0.1) is 0 Å². The standard InChI is InChI=1S/C23H36FN5O3/c1-23(2,3)32-22(31)28-17-7-5-16(6-8-17)27-21(30)19-13-15(24)14-25-20(19)26-18-9-11-29(4)12-10-18/h13-14,16-18H,5-12H2,1-4H3,(H,25,26)(H,27,30)(H,28,31)/t16-,17+. The van der Waals surface area contributed by atoms with E-state index >= 15 is 0 Å².